The Balaban J connectivity index is 2.02. The van der Waals surface area contributed by atoms with E-state index in [0.29, 0.717) is 5.56 Å². The maximum absolute atomic E-state index is 12.4. The first-order chi connectivity index (χ1) is 11.7. The molecule has 0 bridgehead atoms. The van der Waals surface area contributed by atoms with Crippen molar-refractivity contribution in [2.24, 2.45) is 0 Å². The summed E-state index contributed by atoms with van der Waals surface area (Å²) >= 11 is 0. The van der Waals surface area contributed by atoms with E-state index in [1.807, 2.05) is 19.1 Å². The van der Waals surface area contributed by atoms with Crippen molar-refractivity contribution in [3.8, 4) is 0 Å². The first-order valence-electron chi connectivity index (χ1n) is 7.91. The average molecular weight is 367 g/mol. The van der Waals surface area contributed by atoms with Crippen LogP contribution in [0.1, 0.15) is 28.8 Å². The molecule has 1 aliphatic rings. The number of aryl methyl sites for hydroxylation is 1. The van der Waals surface area contributed by atoms with Gasteiger partial charge >= 0.3 is 5.97 Å². The standard InChI is InChI=1S/C17H21NO6S/c1-12-3-5-13(6-4-12)15(19)7-8-16(20)18-9-10-25(22,23)11-14(18)17(21)24-2/h3-6,14H,7-11H2,1-2H3/t14-/m1/s1. The van der Waals surface area contributed by atoms with Crippen molar-refractivity contribution in [3.05, 3.63) is 35.4 Å². The van der Waals surface area contributed by atoms with Crippen LogP contribution in [0.25, 0.3) is 0 Å². The molecule has 0 aliphatic carbocycles. The molecule has 0 spiro atoms. The molecule has 1 aromatic rings. The lowest BCUT2D eigenvalue weighted by Crippen LogP contribution is -2.55. The predicted molar refractivity (Wildman–Crippen MR) is 90.9 cm³/mol. The largest absolute Gasteiger partial charge is 0.467 e. The molecular weight excluding hydrogens is 346 g/mol. The number of carbonyl (C=O) groups excluding carboxylic acids is 3. The van der Waals surface area contributed by atoms with Gasteiger partial charge in [0.2, 0.25) is 5.91 Å². The monoisotopic (exact) mass is 367 g/mol. The lowest BCUT2D eigenvalue weighted by Gasteiger charge is -2.33. The minimum Gasteiger partial charge on any atom is -0.467 e. The van der Waals surface area contributed by atoms with E-state index in [2.05, 4.69) is 4.74 Å². The van der Waals surface area contributed by atoms with Crippen LogP contribution in [0, 0.1) is 6.92 Å². The number of ketones is 1. The average Bonchev–Trinajstić information content (AvgIpc) is 2.58. The van der Waals surface area contributed by atoms with Gasteiger partial charge in [-0.05, 0) is 6.92 Å². The Hall–Kier alpha value is -2.22. The molecule has 1 aromatic carbocycles. The summed E-state index contributed by atoms with van der Waals surface area (Å²) in [7, 11) is -2.25. The number of benzene rings is 1. The zero-order valence-electron chi connectivity index (χ0n) is 14.2. The molecule has 1 fully saturated rings. The Labute approximate surface area is 146 Å². The van der Waals surface area contributed by atoms with Gasteiger partial charge in [0.15, 0.2) is 15.6 Å². The van der Waals surface area contributed by atoms with E-state index < -0.39 is 33.5 Å². The SMILES string of the molecule is COC(=O)[C@H]1CS(=O)(=O)CCN1C(=O)CCC(=O)c1ccc(C)cc1. The van der Waals surface area contributed by atoms with Crippen LogP contribution in [0.3, 0.4) is 0 Å². The van der Waals surface area contributed by atoms with Crippen molar-refractivity contribution < 1.29 is 27.5 Å². The summed E-state index contributed by atoms with van der Waals surface area (Å²) in [6, 6.07) is 5.89. The van der Waals surface area contributed by atoms with Gasteiger partial charge in [0, 0.05) is 24.9 Å². The Kier molecular flexibility index (Phi) is 5.94. The summed E-state index contributed by atoms with van der Waals surface area (Å²) in [5, 5.41) is 0. The molecule has 0 saturated carbocycles. The van der Waals surface area contributed by atoms with E-state index in [1.165, 1.54) is 4.90 Å². The zero-order chi connectivity index (χ0) is 18.6. The molecule has 1 amide bonds. The highest BCUT2D eigenvalue weighted by molar-refractivity contribution is 7.91. The van der Waals surface area contributed by atoms with Crippen LogP contribution in [0.2, 0.25) is 0 Å². The number of sulfone groups is 1. The fraction of sp³-hybridized carbons (Fsp3) is 0.471. The summed E-state index contributed by atoms with van der Waals surface area (Å²) in [4.78, 5) is 37.6. The molecule has 0 aromatic heterocycles. The Bertz CT molecular complexity index is 769. The number of Topliss-reactive ketones (excluding diaryl/α,β-unsaturated/α-hetero) is 1. The van der Waals surface area contributed by atoms with Gasteiger partial charge in [-0.1, -0.05) is 29.8 Å². The molecule has 1 atom stereocenters. The molecule has 136 valence electrons. The maximum atomic E-state index is 12.4. The highest BCUT2D eigenvalue weighted by Crippen LogP contribution is 2.16. The third-order valence-electron chi connectivity index (χ3n) is 4.16. The second-order valence-corrected chi connectivity index (χ2v) is 8.26. The minimum absolute atomic E-state index is 0.000955. The van der Waals surface area contributed by atoms with Crippen molar-refractivity contribution in [3.63, 3.8) is 0 Å². The van der Waals surface area contributed by atoms with Crippen molar-refractivity contribution in [2.45, 2.75) is 25.8 Å². The van der Waals surface area contributed by atoms with E-state index >= 15 is 0 Å². The van der Waals surface area contributed by atoms with Crippen LogP contribution in [-0.4, -0.2) is 62.2 Å². The molecule has 0 radical (unpaired) electrons. The van der Waals surface area contributed by atoms with Gasteiger partial charge in [-0.25, -0.2) is 13.2 Å². The number of amides is 1. The summed E-state index contributed by atoms with van der Waals surface area (Å²) in [6.45, 7) is 1.84. The lowest BCUT2D eigenvalue weighted by atomic mass is 10.0. The topological polar surface area (TPSA) is 97.8 Å². The summed E-state index contributed by atoms with van der Waals surface area (Å²) in [6.07, 6.45) is -0.0840. The third-order valence-corrected chi connectivity index (χ3v) is 5.79. The Morgan fingerprint density at radius 2 is 1.80 bits per heavy atom. The van der Waals surface area contributed by atoms with Crippen molar-refractivity contribution in [1.29, 1.82) is 0 Å². The van der Waals surface area contributed by atoms with Crippen molar-refractivity contribution in [2.75, 3.05) is 25.2 Å². The van der Waals surface area contributed by atoms with E-state index in [0.717, 1.165) is 12.7 Å². The van der Waals surface area contributed by atoms with Gasteiger partial charge in [-0.2, -0.15) is 0 Å². The van der Waals surface area contributed by atoms with Crippen LogP contribution >= 0.6 is 0 Å². The van der Waals surface area contributed by atoms with Crippen LogP contribution in [-0.2, 0) is 24.2 Å². The van der Waals surface area contributed by atoms with Gasteiger partial charge < -0.3 is 9.64 Å². The summed E-state index contributed by atoms with van der Waals surface area (Å²) < 4.78 is 28.1. The molecule has 1 aliphatic heterocycles. The van der Waals surface area contributed by atoms with Gasteiger partial charge in [-0.3, -0.25) is 9.59 Å². The highest BCUT2D eigenvalue weighted by atomic mass is 32.2. The molecule has 0 unspecified atom stereocenters. The van der Waals surface area contributed by atoms with Crippen LogP contribution in [0.4, 0.5) is 0 Å². The van der Waals surface area contributed by atoms with E-state index in [9.17, 15) is 22.8 Å². The molecule has 7 nitrogen and oxygen atoms in total. The van der Waals surface area contributed by atoms with Crippen molar-refractivity contribution >= 4 is 27.5 Å². The lowest BCUT2D eigenvalue weighted by molar-refractivity contribution is -0.152. The number of nitrogens with zero attached hydrogens (tertiary/aromatic N) is 1. The van der Waals surface area contributed by atoms with E-state index in [1.54, 1.807) is 12.1 Å². The molecule has 1 saturated heterocycles. The molecule has 1 heterocycles. The van der Waals surface area contributed by atoms with Gasteiger partial charge in [0.1, 0.15) is 6.04 Å². The quantitative estimate of drug-likeness (QED) is 0.563. The first-order valence-corrected chi connectivity index (χ1v) is 9.73. The summed E-state index contributed by atoms with van der Waals surface area (Å²) in [5.74, 6) is -2.00. The molecule has 8 heteroatoms. The van der Waals surface area contributed by atoms with E-state index in [-0.39, 0.29) is 30.9 Å². The Morgan fingerprint density at radius 1 is 1.16 bits per heavy atom. The number of hydrogen-bond donors (Lipinski definition) is 0. The summed E-state index contributed by atoms with van der Waals surface area (Å²) in [5.41, 5.74) is 1.55. The fourth-order valence-electron chi connectivity index (χ4n) is 2.68. The van der Waals surface area contributed by atoms with Gasteiger partial charge in [0.25, 0.3) is 0 Å². The second-order valence-electron chi connectivity index (χ2n) is 6.03. The van der Waals surface area contributed by atoms with Gasteiger partial charge in [0.05, 0.1) is 18.6 Å². The van der Waals surface area contributed by atoms with Gasteiger partial charge in [-0.15, -0.1) is 0 Å². The van der Waals surface area contributed by atoms with E-state index in [4.69, 9.17) is 0 Å². The first kappa shape index (κ1) is 19.1. The Morgan fingerprint density at radius 3 is 2.40 bits per heavy atom. The molecular formula is C17H21NO6S. The van der Waals surface area contributed by atoms with Crippen LogP contribution in [0.15, 0.2) is 24.3 Å². The smallest absolute Gasteiger partial charge is 0.329 e. The number of ether oxygens (including phenoxy) is 1. The third kappa shape index (κ3) is 4.88. The number of hydrogen-bond acceptors (Lipinski definition) is 6. The number of esters is 1. The number of methoxy groups -OCH3 is 1. The highest BCUT2D eigenvalue weighted by Gasteiger charge is 2.39. The maximum Gasteiger partial charge on any atom is 0.329 e. The van der Waals surface area contributed by atoms with Crippen LogP contribution < -0.4 is 0 Å². The molecule has 0 N–H and O–H groups in total. The predicted octanol–water partition coefficient (Wildman–Crippen LogP) is 0.757. The second kappa shape index (κ2) is 7.77. The fourth-order valence-corrected chi connectivity index (χ4v) is 4.12. The van der Waals surface area contributed by atoms with Crippen molar-refractivity contribution in [1.82, 2.24) is 4.90 Å². The minimum atomic E-state index is -3.39. The zero-order valence-corrected chi connectivity index (χ0v) is 15.0. The number of rotatable bonds is 5. The molecule has 2 rings (SSSR count). The van der Waals surface area contributed by atoms with Crippen LogP contribution in [0.5, 0.6) is 0 Å². The normalized spacial score (nSPS) is 19.3. The molecule has 25 heavy (non-hydrogen) atoms. The number of carbonyl (C=O) groups is 3.